The van der Waals surface area contributed by atoms with Crippen molar-refractivity contribution in [3.8, 4) is 0 Å². The number of nitro groups is 1. The van der Waals surface area contributed by atoms with Crippen molar-refractivity contribution in [3.63, 3.8) is 0 Å². The minimum atomic E-state index is -1.59. The highest BCUT2D eigenvalue weighted by molar-refractivity contribution is 5.96. The molecule has 0 radical (unpaired) electrons. The van der Waals surface area contributed by atoms with Gasteiger partial charge >= 0.3 is 11.9 Å². The number of aromatic nitrogens is 2. The summed E-state index contributed by atoms with van der Waals surface area (Å²) in [6, 6.07) is 0.944. The molecule has 10 heteroatoms. The van der Waals surface area contributed by atoms with Gasteiger partial charge in [-0.05, 0) is 13.8 Å². The molecule has 1 rings (SSSR count). The third-order valence-electron chi connectivity index (χ3n) is 3.05. The maximum absolute atomic E-state index is 13.5. The predicted octanol–water partition coefficient (Wildman–Crippen LogP) is 0.662. The molecular weight excluding hydrogens is 313 g/mol. The van der Waals surface area contributed by atoms with Crippen LogP contribution in [0.2, 0.25) is 0 Å². The monoisotopic (exact) mass is 331 g/mol. The van der Waals surface area contributed by atoms with E-state index < -0.39 is 41.2 Å². The van der Waals surface area contributed by atoms with Gasteiger partial charge in [-0.2, -0.15) is 9.49 Å². The predicted molar refractivity (Wildman–Crippen MR) is 74.5 cm³/mol. The second-order valence-corrected chi connectivity index (χ2v) is 4.62. The van der Waals surface area contributed by atoms with Crippen molar-refractivity contribution in [1.82, 2.24) is 9.78 Å². The number of hydrogen-bond donors (Lipinski definition) is 0. The normalized spacial score (nSPS) is 12.0. The zero-order chi connectivity index (χ0) is 17.6. The summed E-state index contributed by atoms with van der Waals surface area (Å²) in [5, 5.41) is 14.7. The zero-order valence-electron chi connectivity index (χ0n) is 13.0. The third-order valence-corrected chi connectivity index (χ3v) is 3.05. The Morgan fingerprint density at radius 3 is 2.22 bits per heavy atom. The van der Waals surface area contributed by atoms with E-state index in [9.17, 15) is 24.1 Å². The van der Waals surface area contributed by atoms with Crippen molar-refractivity contribution < 1.29 is 28.4 Å². The number of esters is 2. The van der Waals surface area contributed by atoms with Crippen LogP contribution in [0, 0.1) is 22.0 Å². The first kappa shape index (κ1) is 18.5. The highest BCUT2D eigenvalue weighted by Crippen LogP contribution is 2.27. The van der Waals surface area contributed by atoms with Gasteiger partial charge in [-0.25, -0.2) is 4.68 Å². The van der Waals surface area contributed by atoms with Gasteiger partial charge < -0.3 is 9.47 Å². The number of rotatable bonds is 8. The molecule has 0 bridgehead atoms. The fourth-order valence-electron chi connectivity index (χ4n) is 2.07. The maximum Gasteiger partial charge on any atom is 0.321 e. The lowest BCUT2D eigenvalue weighted by Crippen LogP contribution is -2.36. The number of carbonyl (C=O) groups excluding carboxylic acids is 2. The fourth-order valence-corrected chi connectivity index (χ4v) is 2.07. The van der Waals surface area contributed by atoms with Crippen molar-refractivity contribution in [2.45, 2.75) is 19.8 Å². The van der Waals surface area contributed by atoms with Crippen LogP contribution in [0.5, 0.6) is 0 Å². The molecule has 0 saturated heterocycles. The first-order valence-electron chi connectivity index (χ1n) is 6.96. The minimum absolute atomic E-state index is 0.0174. The molecule has 1 atom stereocenters. The molecule has 0 N–H and O–H groups in total. The van der Waals surface area contributed by atoms with E-state index in [1.165, 1.54) is 20.9 Å². The first-order chi connectivity index (χ1) is 10.8. The van der Waals surface area contributed by atoms with E-state index in [4.69, 9.17) is 9.47 Å². The Labute approximate surface area is 131 Å². The summed E-state index contributed by atoms with van der Waals surface area (Å²) in [6.45, 7) is 2.23. The molecule has 0 unspecified atom stereocenters. The van der Waals surface area contributed by atoms with E-state index in [0.29, 0.717) is 0 Å². The summed E-state index contributed by atoms with van der Waals surface area (Å²) in [5.74, 6) is -5.57. The molecule has 1 aromatic heterocycles. The van der Waals surface area contributed by atoms with Crippen molar-refractivity contribution in [2.24, 2.45) is 13.0 Å². The van der Waals surface area contributed by atoms with E-state index >= 15 is 0 Å². The van der Waals surface area contributed by atoms with Gasteiger partial charge in [0, 0.05) is 18.0 Å². The number of carbonyl (C=O) groups is 2. The summed E-state index contributed by atoms with van der Waals surface area (Å²) in [6.07, 6.45) is 0. The number of hydrogen-bond acceptors (Lipinski definition) is 7. The lowest BCUT2D eigenvalue weighted by atomic mass is 9.89. The van der Waals surface area contributed by atoms with Crippen LogP contribution in [0.15, 0.2) is 6.07 Å². The number of ether oxygens (including phenoxy) is 2. The molecule has 0 spiro atoms. The Balaban J connectivity index is 3.27. The van der Waals surface area contributed by atoms with E-state index in [1.807, 2.05) is 0 Å². The molecule has 1 heterocycles. The second-order valence-electron chi connectivity index (χ2n) is 4.62. The Kier molecular flexibility index (Phi) is 6.61. The topological polar surface area (TPSA) is 114 Å². The van der Waals surface area contributed by atoms with Crippen molar-refractivity contribution >= 4 is 11.9 Å². The maximum atomic E-state index is 13.5. The largest absolute Gasteiger partial charge is 0.465 e. The van der Waals surface area contributed by atoms with Crippen molar-refractivity contribution in [1.29, 1.82) is 0 Å². The minimum Gasteiger partial charge on any atom is -0.465 e. The Morgan fingerprint density at radius 1 is 1.35 bits per heavy atom. The van der Waals surface area contributed by atoms with Crippen molar-refractivity contribution in [3.05, 3.63) is 27.8 Å². The highest BCUT2D eigenvalue weighted by atomic mass is 19.1. The van der Waals surface area contributed by atoms with Gasteiger partial charge in [0.05, 0.1) is 24.8 Å². The standard InChI is InChI=1S/C13H18FN3O6/c1-4-22-12(18)11(13(19)23-5-2)8(7-17(20)21)9-6-10(14)16(3)15-9/h6,8,11H,4-5,7H2,1-3H3/t8-/m1/s1. The van der Waals surface area contributed by atoms with E-state index in [2.05, 4.69) is 5.10 Å². The quantitative estimate of drug-likeness (QED) is 0.297. The summed E-state index contributed by atoms with van der Waals surface area (Å²) in [5.41, 5.74) is -0.0900. The molecule has 0 aliphatic rings. The van der Waals surface area contributed by atoms with Crippen LogP contribution in [0.3, 0.4) is 0 Å². The molecule has 0 aromatic carbocycles. The molecule has 0 amide bonds. The molecular formula is C13H18FN3O6. The molecule has 23 heavy (non-hydrogen) atoms. The fraction of sp³-hybridized carbons (Fsp3) is 0.615. The van der Waals surface area contributed by atoms with Crippen LogP contribution in [-0.4, -0.2) is 46.4 Å². The van der Waals surface area contributed by atoms with Gasteiger partial charge in [0.1, 0.15) is 0 Å². The molecule has 0 aliphatic carbocycles. The average Bonchev–Trinajstić information content (AvgIpc) is 2.78. The summed E-state index contributed by atoms with van der Waals surface area (Å²) in [7, 11) is 1.30. The Hall–Kier alpha value is -2.52. The smallest absolute Gasteiger partial charge is 0.321 e. The molecule has 0 aliphatic heterocycles. The van der Waals surface area contributed by atoms with Gasteiger partial charge in [-0.3, -0.25) is 19.7 Å². The second kappa shape index (κ2) is 8.20. The lowest BCUT2D eigenvalue weighted by molar-refractivity contribution is -0.484. The van der Waals surface area contributed by atoms with Gasteiger partial charge in [-0.1, -0.05) is 0 Å². The molecule has 128 valence electrons. The average molecular weight is 331 g/mol. The molecule has 9 nitrogen and oxygen atoms in total. The van der Waals surface area contributed by atoms with Crippen LogP contribution in [0.25, 0.3) is 0 Å². The Morgan fingerprint density at radius 2 is 1.87 bits per heavy atom. The molecule has 0 saturated carbocycles. The van der Waals surface area contributed by atoms with Gasteiger partial charge in [0.25, 0.3) is 0 Å². The molecule has 0 fully saturated rings. The zero-order valence-corrected chi connectivity index (χ0v) is 13.0. The van der Waals surface area contributed by atoms with Crippen LogP contribution in [0.4, 0.5) is 4.39 Å². The van der Waals surface area contributed by atoms with E-state index in [0.717, 1.165) is 10.7 Å². The number of aryl methyl sites for hydroxylation is 1. The van der Waals surface area contributed by atoms with Crippen LogP contribution in [0.1, 0.15) is 25.5 Å². The number of nitrogens with zero attached hydrogens (tertiary/aromatic N) is 3. The summed E-state index contributed by atoms with van der Waals surface area (Å²) >= 11 is 0. The van der Waals surface area contributed by atoms with Crippen LogP contribution < -0.4 is 0 Å². The van der Waals surface area contributed by atoms with Crippen LogP contribution in [-0.2, 0) is 26.1 Å². The SMILES string of the molecule is CCOC(=O)C(C(=O)OCC)[C@H](C[N+](=O)[O-])c1cc(F)n(C)n1. The highest BCUT2D eigenvalue weighted by Gasteiger charge is 2.43. The first-order valence-corrected chi connectivity index (χ1v) is 6.96. The summed E-state index contributed by atoms with van der Waals surface area (Å²) in [4.78, 5) is 34.4. The lowest BCUT2D eigenvalue weighted by Gasteiger charge is -2.19. The van der Waals surface area contributed by atoms with Gasteiger partial charge in [-0.15, -0.1) is 0 Å². The summed E-state index contributed by atoms with van der Waals surface area (Å²) < 4.78 is 24.0. The number of halogens is 1. The van der Waals surface area contributed by atoms with E-state index in [-0.39, 0.29) is 18.9 Å². The Bertz CT molecular complexity index is 551. The van der Waals surface area contributed by atoms with E-state index in [1.54, 1.807) is 0 Å². The van der Waals surface area contributed by atoms with Crippen molar-refractivity contribution in [2.75, 3.05) is 19.8 Å². The third kappa shape index (κ3) is 4.73. The van der Waals surface area contributed by atoms with Crippen LogP contribution >= 0.6 is 0 Å². The van der Waals surface area contributed by atoms with Gasteiger partial charge in [0.15, 0.2) is 5.92 Å². The molecule has 1 aromatic rings. The van der Waals surface area contributed by atoms with Gasteiger partial charge in [0.2, 0.25) is 12.5 Å².